The minimum atomic E-state index is -0.504. The molecule has 0 aromatic heterocycles. The highest BCUT2D eigenvalue weighted by atomic mass is 32.1. The average molecular weight is 309 g/mol. The summed E-state index contributed by atoms with van der Waals surface area (Å²) in [5, 5.41) is 0. The van der Waals surface area contributed by atoms with Crippen LogP contribution in [0.15, 0.2) is 23.7 Å². The van der Waals surface area contributed by atoms with Gasteiger partial charge in [0.1, 0.15) is 5.82 Å². The van der Waals surface area contributed by atoms with E-state index in [1.165, 1.54) is 6.07 Å². The fourth-order valence-corrected chi connectivity index (χ4v) is 2.30. The zero-order valence-electron chi connectivity index (χ0n) is 12.8. The van der Waals surface area contributed by atoms with Crippen LogP contribution in [-0.4, -0.2) is 24.1 Å². The molecule has 21 heavy (non-hydrogen) atoms. The smallest absolute Gasteiger partial charge is 0.400 e. The van der Waals surface area contributed by atoms with Crippen LogP contribution in [0.1, 0.15) is 33.3 Å². The molecular formula is C15H21BFNO2S. The normalized spacial score (nSPS) is 20.9. The second kappa shape index (κ2) is 5.67. The zero-order valence-corrected chi connectivity index (χ0v) is 13.7. The fraction of sp³-hybridized carbons (Fsp3) is 0.467. The monoisotopic (exact) mass is 309 g/mol. The van der Waals surface area contributed by atoms with E-state index in [0.29, 0.717) is 11.3 Å². The molecule has 0 atom stereocenters. The Bertz CT molecular complexity index is 559. The number of hydrogen-bond acceptors (Lipinski definition) is 4. The predicted molar refractivity (Wildman–Crippen MR) is 88.7 cm³/mol. The van der Waals surface area contributed by atoms with Gasteiger partial charge in [-0.15, -0.1) is 0 Å². The SMILES string of the molecule is CC1(C)OB(C(=Cc2cccc(F)c2N)CS)OC1(C)C. The third-order valence-corrected chi connectivity index (χ3v) is 4.53. The summed E-state index contributed by atoms with van der Waals surface area (Å²) in [6.45, 7) is 7.94. The molecule has 3 nitrogen and oxygen atoms in total. The molecule has 1 fully saturated rings. The number of halogens is 1. The molecule has 0 spiro atoms. The molecule has 0 radical (unpaired) electrons. The molecular weight excluding hydrogens is 288 g/mol. The maximum Gasteiger partial charge on any atom is 0.491 e. The van der Waals surface area contributed by atoms with Crippen molar-refractivity contribution < 1.29 is 13.7 Å². The van der Waals surface area contributed by atoms with E-state index in [4.69, 9.17) is 15.0 Å². The molecule has 1 saturated heterocycles. The molecule has 1 aliphatic rings. The Hall–Kier alpha value is -0.975. The third-order valence-electron chi connectivity index (χ3n) is 4.17. The molecule has 1 aliphatic heterocycles. The lowest BCUT2D eigenvalue weighted by Gasteiger charge is -2.32. The standard InChI is InChI=1S/C15H21BFNO2S/c1-14(2)15(3,4)20-16(19-14)11(9-21)8-10-6-5-7-12(17)13(10)18/h5-8,21H,9,18H2,1-4H3. The van der Waals surface area contributed by atoms with Gasteiger partial charge in [0, 0.05) is 5.75 Å². The van der Waals surface area contributed by atoms with E-state index >= 15 is 0 Å². The van der Waals surface area contributed by atoms with Crippen molar-refractivity contribution in [3.8, 4) is 0 Å². The Morgan fingerprint density at radius 1 is 1.29 bits per heavy atom. The Balaban J connectivity index is 2.33. The van der Waals surface area contributed by atoms with E-state index in [0.717, 1.165) is 5.47 Å². The molecule has 0 amide bonds. The summed E-state index contributed by atoms with van der Waals surface area (Å²) in [6.07, 6.45) is 1.79. The predicted octanol–water partition coefficient (Wildman–Crippen LogP) is 3.35. The van der Waals surface area contributed by atoms with Crippen molar-refractivity contribution in [1.82, 2.24) is 0 Å². The molecule has 0 unspecified atom stereocenters. The Morgan fingerprint density at radius 2 is 1.86 bits per heavy atom. The topological polar surface area (TPSA) is 44.5 Å². The number of benzene rings is 1. The van der Waals surface area contributed by atoms with Crippen LogP contribution in [0, 0.1) is 5.82 Å². The van der Waals surface area contributed by atoms with Crippen LogP contribution in [0.5, 0.6) is 0 Å². The summed E-state index contributed by atoms with van der Waals surface area (Å²) >= 11 is 4.33. The van der Waals surface area contributed by atoms with Crippen LogP contribution in [0.2, 0.25) is 0 Å². The Labute approximate surface area is 131 Å². The van der Waals surface area contributed by atoms with Crippen LogP contribution in [0.25, 0.3) is 6.08 Å². The van der Waals surface area contributed by atoms with Crippen LogP contribution < -0.4 is 5.73 Å². The first-order valence-corrected chi connectivity index (χ1v) is 7.52. The number of nitrogens with two attached hydrogens (primary N) is 1. The van der Waals surface area contributed by atoms with Crippen molar-refractivity contribution in [1.29, 1.82) is 0 Å². The van der Waals surface area contributed by atoms with Crippen molar-refractivity contribution >= 4 is 31.5 Å². The lowest BCUT2D eigenvalue weighted by molar-refractivity contribution is 0.00578. The van der Waals surface area contributed by atoms with E-state index < -0.39 is 24.1 Å². The van der Waals surface area contributed by atoms with Crippen LogP contribution in [0.4, 0.5) is 10.1 Å². The average Bonchev–Trinajstić information content (AvgIpc) is 2.60. The second-order valence-corrected chi connectivity index (χ2v) is 6.52. The van der Waals surface area contributed by atoms with Gasteiger partial charge in [0.25, 0.3) is 0 Å². The quantitative estimate of drug-likeness (QED) is 0.511. The first kappa shape index (κ1) is 16.4. The van der Waals surface area contributed by atoms with Gasteiger partial charge in [0.05, 0.1) is 16.9 Å². The third kappa shape index (κ3) is 3.12. The lowest BCUT2D eigenvalue weighted by Crippen LogP contribution is -2.41. The van der Waals surface area contributed by atoms with E-state index in [1.54, 1.807) is 18.2 Å². The van der Waals surface area contributed by atoms with Crippen molar-refractivity contribution in [2.24, 2.45) is 0 Å². The number of rotatable bonds is 3. The van der Waals surface area contributed by atoms with Gasteiger partial charge >= 0.3 is 7.12 Å². The van der Waals surface area contributed by atoms with Gasteiger partial charge in [-0.3, -0.25) is 0 Å². The summed E-state index contributed by atoms with van der Waals surface area (Å²) in [7, 11) is -0.504. The van der Waals surface area contributed by atoms with E-state index in [9.17, 15) is 4.39 Å². The Morgan fingerprint density at radius 3 is 2.38 bits per heavy atom. The molecule has 1 aromatic carbocycles. The van der Waals surface area contributed by atoms with Crippen molar-refractivity contribution in [2.45, 2.75) is 38.9 Å². The number of para-hydroxylation sites is 1. The van der Waals surface area contributed by atoms with E-state index in [1.807, 2.05) is 27.7 Å². The largest absolute Gasteiger partial charge is 0.491 e. The van der Waals surface area contributed by atoms with Gasteiger partial charge < -0.3 is 15.0 Å². The molecule has 0 saturated carbocycles. The van der Waals surface area contributed by atoms with Gasteiger partial charge in [-0.2, -0.15) is 12.6 Å². The maximum atomic E-state index is 13.5. The van der Waals surface area contributed by atoms with E-state index in [-0.39, 0.29) is 5.69 Å². The number of hydrogen-bond donors (Lipinski definition) is 2. The van der Waals surface area contributed by atoms with Crippen molar-refractivity contribution in [3.63, 3.8) is 0 Å². The molecule has 2 rings (SSSR count). The first-order valence-electron chi connectivity index (χ1n) is 6.89. The number of nitrogen functional groups attached to an aromatic ring is 1. The minimum absolute atomic E-state index is 0.119. The van der Waals surface area contributed by atoms with Crippen LogP contribution in [-0.2, 0) is 9.31 Å². The number of thiol groups is 1. The lowest BCUT2D eigenvalue weighted by atomic mass is 9.78. The van der Waals surface area contributed by atoms with Crippen LogP contribution in [0.3, 0.4) is 0 Å². The molecule has 114 valence electrons. The molecule has 6 heteroatoms. The summed E-state index contributed by atoms with van der Waals surface area (Å²) in [5.74, 6) is 0.00319. The molecule has 2 N–H and O–H groups in total. The Kier molecular flexibility index (Phi) is 4.43. The highest BCUT2D eigenvalue weighted by molar-refractivity contribution is 7.80. The van der Waals surface area contributed by atoms with Crippen LogP contribution >= 0.6 is 12.6 Å². The summed E-state index contributed by atoms with van der Waals surface area (Å²) in [6, 6.07) is 4.72. The molecule has 0 aliphatic carbocycles. The van der Waals surface area contributed by atoms with Gasteiger partial charge in [-0.1, -0.05) is 18.2 Å². The highest BCUT2D eigenvalue weighted by Gasteiger charge is 2.52. The molecule has 0 bridgehead atoms. The zero-order chi connectivity index (χ0) is 15.8. The number of anilines is 1. The minimum Gasteiger partial charge on any atom is -0.400 e. The van der Waals surface area contributed by atoms with Gasteiger partial charge in [0.2, 0.25) is 0 Å². The van der Waals surface area contributed by atoms with Gasteiger partial charge in [-0.05, 0) is 44.8 Å². The maximum absolute atomic E-state index is 13.5. The van der Waals surface area contributed by atoms with Gasteiger partial charge in [-0.25, -0.2) is 4.39 Å². The molecule has 1 aromatic rings. The highest BCUT2D eigenvalue weighted by Crippen LogP contribution is 2.39. The fourth-order valence-electron chi connectivity index (χ4n) is 2.06. The second-order valence-electron chi connectivity index (χ2n) is 6.21. The van der Waals surface area contributed by atoms with E-state index in [2.05, 4.69) is 12.6 Å². The summed E-state index contributed by atoms with van der Waals surface area (Å²) in [4.78, 5) is 0. The summed E-state index contributed by atoms with van der Waals surface area (Å²) in [5.41, 5.74) is 6.46. The van der Waals surface area contributed by atoms with Gasteiger partial charge in [0.15, 0.2) is 0 Å². The summed E-state index contributed by atoms with van der Waals surface area (Å²) < 4.78 is 25.5. The van der Waals surface area contributed by atoms with Crippen molar-refractivity contribution in [3.05, 3.63) is 35.1 Å². The first-order chi connectivity index (χ1) is 9.68. The van der Waals surface area contributed by atoms with Crippen molar-refractivity contribution in [2.75, 3.05) is 11.5 Å². The molecule has 1 heterocycles.